The Morgan fingerprint density at radius 1 is 1.06 bits per heavy atom. The Bertz CT molecular complexity index is 1290. The number of amides is 1. The van der Waals surface area contributed by atoms with Gasteiger partial charge in [-0.15, -0.1) is 0 Å². The van der Waals surface area contributed by atoms with Crippen molar-refractivity contribution in [1.82, 2.24) is 9.21 Å². The summed E-state index contributed by atoms with van der Waals surface area (Å²) in [5.41, 5.74) is 0.917. The van der Waals surface area contributed by atoms with Crippen molar-refractivity contribution in [1.29, 1.82) is 0 Å². The number of carbonyl (C=O) groups is 1. The van der Waals surface area contributed by atoms with E-state index in [1.807, 2.05) is 49.4 Å². The van der Waals surface area contributed by atoms with E-state index in [4.69, 9.17) is 32.4 Å². The molecule has 1 aromatic heterocycles. The van der Waals surface area contributed by atoms with Gasteiger partial charge in [-0.2, -0.15) is 4.31 Å². The lowest BCUT2D eigenvalue weighted by atomic mass is 10.2. The molecule has 1 aliphatic rings. The molecule has 1 aliphatic heterocycles. The number of sulfonamides is 1. The summed E-state index contributed by atoms with van der Waals surface area (Å²) in [5.74, 6) is 0.978. The first-order chi connectivity index (χ1) is 17.2. The Morgan fingerprint density at radius 3 is 2.50 bits per heavy atom. The topological polar surface area (TPSA) is 80.1 Å². The second-order valence-electron chi connectivity index (χ2n) is 8.76. The van der Waals surface area contributed by atoms with E-state index in [9.17, 15) is 13.2 Å². The maximum Gasteiger partial charge on any atom is 0.245 e. The van der Waals surface area contributed by atoms with Crippen LogP contribution >= 0.6 is 23.2 Å². The van der Waals surface area contributed by atoms with Crippen LogP contribution in [0.5, 0.6) is 0 Å². The lowest BCUT2D eigenvalue weighted by Crippen LogP contribution is -2.45. The van der Waals surface area contributed by atoms with Gasteiger partial charge in [0.15, 0.2) is 0 Å². The lowest BCUT2D eigenvalue weighted by Gasteiger charge is -2.28. The molecule has 7 nitrogen and oxygen atoms in total. The molecule has 0 aliphatic carbocycles. The summed E-state index contributed by atoms with van der Waals surface area (Å²) in [4.78, 5) is 15.1. The van der Waals surface area contributed by atoms with Crippen LogP contribution in [0.1, 0.15) is 29.9 Å². The number of benzene rings is 2. The van der Waals surface area contributed by atoms with Crippen molar-refractivity contribution in [2.75, 3.05) is 19.7 Å². The Labute approximate surface area is 221 Å². The quantitative estimate of drug-likeness (QED) is 0.342. The maximum atomic E-state index is 13.7. The summed E-state index contributed by atoms with van der Waals surface area (Å²) in [6.07, 6.45) is 1.24. The molecule has 0 N–H and O–H groups in total. The Hall–Kier alpha value is -2.36. The van der Waals surface area contributed by atoms with Crippen LogP contribution in [0.25, 0.3) is 0 Å². The molecule has 2 heterocycles. The van der Waals surface area contributed by atoms with Crippen molar-refractivity contribution in [2.45, 2.75) is 43.9 Å². The molecule has 36 heavy (non-hydrogen) atoms. The highest BCUT2D eigenvalue weighted by Gasteiger charge is 2.33. The number of rotatable bonds is 10. The van der Waals surface area contributed by atoms with Gasteiger partial charge in [-0.3, -0.25) is 4.79 Å². The summed E-state index contributed by atoms with van der Waals surface area (Å²) in [5, 5.41) is 0.275. The first-order valence-electron chi connectivity index (χ1n) is 11.7. The fraction of sp³-hybridized carbons (Fsp3) is 0.346. The van der Waals surface area contributed by atoms with Crippen molar-refractivity contribution >= 4 is 39.1 Å². The van der Waals surface area contributed by atoms with Gasteiger partial charge in [0.2, 0.25) is 15.9 Å². The van der Waals surface area contributed by atoms with Crippen LogP contribution in [0.3, 0.4) is 0 Å². The normalized spacial score (nSPS) is 15.9. The van der Waals surface area contributed by atoms with Crippen molar-refractivity contribution in [3.8, 4) is 0 Å². The number of nitrogens with zero attached hydrogens (tertiary/aromatic N) is 2. The van der Waals surface area contributed by atoms with Gasteiger partial charge >= 0.3 is 0 Å². The predicted octanol–water partition coefficient (Wildman–Crippen LogP) is 5.29. The minimum absolute atomic E-state index is 0.0377. The summed E-state index contributed by atoms with van der Waals surface area (Å²) in [6, 6.07) is 17.4. The van der Waals surface area contributed by atoms with Gasteiger partial charge in [0.1, 0.15) is 16.4 Å². The Balaban J connectivity index is 1.63. The first-order valence-corrected chi connectivity index (χ1v) is 13.9. The zero-order chi connectivity index (χ0) is 25.7. The Morgan fingerprint density at radius 2 is 1.83 bits per heavy atom. The molecule has 1 fully saturated rings. The SMILES string of the molecule is Cc1ccc(CN(Cc2ccccc2)C(=O)CN(CC2CCCO2)S(=O)(=O)c2cc(Cl)ccc2Cl)o1. The molecule has 1 atom stereocenters. The fourth-order valence-electron chi connectivity index (χ4n) is 4.12. The minimum atomic E-state index is -4.15. The van der Waals surface area contributed by atoms with Crippen molar-refractivity contribution in [2.24, 2.45) is 0 Å². The van der Waals surface area contributed by atoms with Crippen LogP contribution in [0.2, 0.25) is 10.0 Å². The van der Waals surface area contributed by atoms with Gasteiger partial charge in [0.25, 0.3) is 0 Å². The molecule has 1 saturated heterocycles. The van der Waals surface area contributed by atoms with Crippen molar-refractivity contribution < 1.29 is 22.4 Å². The molecular formula is C26H28Cl2N2O5S. The molecule has 0 radical (unpaired) electrons. The smallest absolute Gasteiger partial charge is 0.245 e. The van der Waals surface area contributed by atoms with Crippen LogP contribution in [0.4, 0.5) is 0 Å². The molecule has 3 aromatic rings. The van der Waals surface area contributed by atoms with Crippen LogP contribution in [0.15, 0.2) is 70.0 Å². The van der Waals surface area contributed by atoms with Crippen LogP contribution in [-0.4, -0.2) is 49.3 Å². The third-order valence-corrected chi connectivity index (χ3v) is 8.49. The van der Waals surface area contributed by atoms with Gasteiger partial charge in [0.05, 0.1) is 24.2 Å². The maximum absolute atomic E-state index is 13.7. The zero-order valence-corrected chi connectivity index (χ0v) is 22.2. The van der Waals surface area contributed by atoms with E-state index in [-0.39, 0.29) is 46.6 Å². The Kier molecular flexibility index (Phi) is 8.74. The van der Waals surface area contributed by atoms with Gasteiger partial charge < -0.3 is 14.1 Å². The zero-order valence-electron chi connectivity index (χ0n) is 19.9. The van der Waals surface area contributed by atoms with Crippen molar-refractivity contribution in [3.05, 3.63) is 87.8 Å². The van der Waals surface area contributed by atoms with E-state index >= 15 is 0 Å². The van der Waals surface area contributed by atoms with Crippen LogP contribution < -0.4 is 0 Å². The van der Waals surface area contributed by atoms with E-state index < -0.39 is 10.0 Å². The molecular weight excluding hydrogens is 523 g/mol. The van der Waals surface area contributed by atoms with E-state index in [2.05, 4.69) is 0 Å². The van der Waals surface area contributed by atoms with Gasteiger partial charge in [-0.1, -0.05) is 53.5 Å². The molecule has 1 unspecified atom stereocenters. The molecule has 10 heteroatoms. The summed E-state index contributed by atoms with van der Waals surface area (Å²) < 4.78 is 40.0. The fourth-order valence-corrected chi connectivity index (χ4v) is 6.28. The largest absolute Gasteiger partial charge is 0.464 e. The molecule has 0 spiro atoms. The van der Waals surface area contributed by atoms with Gasteiger partial charge in [-0.05, 0) is 55.7 Å². The molecule has 0 bridgehead atoms. The number of aryl methyl sites for hydroxylation is 1. The number of furan rings is 1. The van der Waals surface area contributed by atoms with E-state index in [1.54, 1.807) is 4.90 Å². The highest BCUT2D eigenvalue weighted by molar-refractivity contribution is 7.89. The number of ether oxygens (including phenoxy) is 1. The third-order valence-electron chi connectivity index (χ3n) is 5.97. The van der Waals surface area contributed by atoms with Crippen LogP contribution in [-0.2, 0) is 32.6 Å². The average Bonchev–Trinajstić information content (AvgIpc) is 3.52. The number of halogens is 2. The number of carbonyl (C=O) groups excluding carboxylic acids is 1. The summed E-state index contributed by atoms with van der Waals surface area (Å²) in [6.45, 7) is 2.55. The van der Waals surface area contributed by atoms with E-state index in [0.717, 1.165) is 22.0 Å². The predicted molar refractivity (Wildman–Crippen MR) is 138 cm³/mol. The molecule has 2 aromatic carbocycles. The lowest BCUT2D eigenvalue weighted by molar-refractivity contribution is -0.133. The average molecular weight is 551 g/mol. The molecule has 192 valence electrons. The second-order valence-corrected chi connectivity index (χ2v) is 11.5. The summed E-state index contributed by atoms with van der Waals surface area (Å²) >= 11 is 12.3. The molecule has 0 saturated carbocycles. The van der Waals surface area contributed by atoms with E-state index in [0.29, 0.717) is 25.3 Å². The molecule has 4 rings (SSSR count). The number of hydrogen-bond acceptors (Lipinski definition) is 5. The highest BCUT2D eigenvalue weighted by atomic mass is 35.5. The first kappa shape index (κ1) is 26.7. The monoisotopic (exact) mass is 550 g/mol. The number of hydrogen-bond donors (Lipinski definition) is 0. The second kappa shape index (κ2) is 11.8. The van der Waals surface area contributed by atoms with Crippen LogP contribution in [0, 0.1) is 6.92 Å². The van der Waals surface area contributed by atoms with Gasteiger partial charge in [-0.25, -0.2) is 8.42 Å². The van der Waals surface area contributed by atoms with Crippen molar-refractivity contribution in [3.63, 3.8) is 0 Å². The van der Waals surface area contributed by atoms with Gasteiger partial charge in [0, 0.05) is 24.7 Å². The summed E-state index contributed by atoms with van der Waals surface area (Å²) in [7, 11) is -4.15. The van der Waals surface area contributed by atoms with E-state index in [1.165, 1.54) is 18.2 Å². The highest BCUT2D eigenvalue weighted by Crippen LogP contribution is 2.29. The third kappa shape index (κ3) is 6.69. The molecule has 1 amide bonds. The minimum Gasteiger partial charge on any atom is -0.464 e. The standard InChI is InChI=1S/C26H28Cl2N2O5S/c1-19-9-11-23(35-19)16-29(15-20-6-3-2-4-7-20)26(31)18-30(17-22-8-5-13-34-22)36(32,33)25-14-21(27)10-12-24(25)28/h2-4,6-7,9-12,14,22H,5,8,13,15-18H2,1H3.